The molecular formula is C35H44ClN3O4S. The van der Waals surface area contributed by atoms with Crippen molar-refractivity contribution in [1.82, 2.24) is 10.2 Å². The molecule has 1 atom stereocenters. The van der Waals surface area contributed by atoms with Crippen LogP contribution in [-0.2, 0) is 26.2 Å². The highest BCUT2D eigenvalue weighted by Gasteiger charge is 2.34. The lowest BCUT2D eigenvalue weighted by Gasteiger charge is -2.34. The zero-order valence-electron chi connectivity index (χ0n) is 26.1. The second kappa shape index (κ2) is 15.1. The van der Waals surface area contributed by atoms with Crippen molar-refractivity contribution in [3.05, 3.63) is 94.5 Å². The molecule has 7 nitrogen and oxygen atoms in total. The maximum Gasteiger partial charge on any atom is 0.264 e. The van der Waals surface area contributed by atoms with Crippen molar-refractivity contribution in [2.24, 2.45) is 0 Å². The molecule has 3 aromatic rings. The smallest absolute Gasteiger partial charge is 0.264 e. The van der Waals surface area contributed by atoms with Crippen molar-refractivity contribution in [3.63, 3.8) is 0 Å². The van der Waals surface area contributed by atoms with E-state index in [-0.39, 0.29) is 29.3 Å². The van der Waals surface area contributed by atoms with Gasteiger partial charge in [-0.15, -0.1) is 0 Å². The molecule has 3 aromatic carbocycles. The van der Waals surface area contributed by atoms with Crippen molar-refractivity contribution >= 4 is 39.1 Å². The maximum atomic E-state index is 14.3. The maximum absolute atomic E-state index is 14.3. The van der Waals surface area contributed by atoms with E-state index in [0.717, 1.165) is 47.5 Å². The first kappa shape index (κ1) is 33.5. The number of rotatable bonds is 12. The number of hydrogen-bond donors (Lipinski definition) is 1. The average molecular weight is 638 g/mol. The van der Waals surface area contributed by atoms with Crippen LogP contribution in [0.15, 0.2) is 77.7 Å². The molecule has 44 heavy (non-hydrogen) atoms. The number of carbonyl (C=O) groups excluding carboxylic acids is 2. The van der Waals surface area contributed by atoms with Gasteiger partial charge in [-0.05, 0) is 73.6 Å². The van der Waals surface area contributed by atoms with E-state index in [1.165, 1.54) is 4.90 Å². The third-order valence-corrected chi connectivity index (χ3v) is 10.5. The second-order valence-electron chi connectivity index (χ2n) is 12.0. The quantitative estimate of drug-likeness (QED) is 0.227. The summed E-state index contributed by atoms with van der Waals surface area (Å²) in [5.41, 5.74) is 3.04. The molecule has 1 fully saturated rings. The van der Waals surface area contributed by atoms with Crippen molar-refractivity contribution in [3.8, 4) is 0 Å². The number of benzene rings is 3. The first-order valence-corrected chi connectivity index (χ1v) is 17.4. The summed E-state index contributed by atoms with van der Waals surface area (Å²) in [7, 11) is -4.13. The SMILES string of the molecule is CCC(C(=O)NC1CCCCC1)N(Cc1ccccc1Cl)C(=O)CN(c1ccc(C(C)C)cc1)S(=O)(=O)c1ccc(C)cc1. The van der Waals surface area contributed by atoms with Crippen LogP contribution < -0.4 is 9.62 Å². The van der Waals surface area contributed by atoms with E-state index >= 15 is 0 Å². The molecule has 1 unspecified atom stereocenters. The standard InChI is InChI=1S/C35H44ClN3O4S/c1-5-33(35(41)37-29-12-7-6-8-13-29)38(23-28-11-9-10-14-32(28)36)34(40)24-39(30-19-17-27(18-20-30)25(2)3)44(42,43)31-21-15-26(4)16-22-31/h9-11,14-22,25,29,33H,5-8,12-13,23-24H2,1-4H3,(H,37,41). The van der Waals surface area contributed by atoms with Crippen molar-refractivity contribution < 1.29 is 18.0 Å². The van der Waals surface area contributed by atoms with Crippen LogP contribution in [0.3, 0.4) is 0 Å². The first-order chi connectivity index (χ1) is 21.0. The Morgan fingerprint density at radius 2 is 1.57 bits per heavy atom. The summed E-state index contributed by atoms with van der Waals surface area (Å²) >= 11 is 6.52. The van der Waals surface area contributed by atoms with Gasteiger partial charge in [-0.1, -0.05) is 99.7 Å². The molecule has 0 radical (unpaired) electrons. The number of aryl methyl sites for hydroxylation is 1. The van der Waals surface area contributed by atoms with Gasteiger partial charge in [-0.3, -0.25) is 13.9 Å². The molecule has 4 rings (SSSR count). The highest BCUT2D eigenvalue weighted by Crippen LogP contribution is 2.28. The highest BCUT2D eigenvalue weighted by atomic mass is 35.5. The molecule has 1 aliphatic rings. The molecule has 1 N–H and O–H groups in total. The third-order valence-electron chi connectivity index (χ3n) is 8.37. The molecule has 0 bridgehead atoms. The summed E-state index contributed by atoms with van der Waals surface area (Å²) in [5, 5.41) is 3.64. The van der Waals surface area contributed by atoms with Gasteiger partial charge in [0, 0.05) is 17.6 Å². The minimum Gasteiger partial charge on any atom is -0.352 e. The number of nitrogens with zero attached hydrogens (tertiary/aromatic N) is 2. The van der Waals surface area contributed by atoms with Gasteiger partial charge in [0.1, 0.15) is 12.6 Å². The van der Waals surface area contributed by atoms with Crippen LogP contribution in [0.2, 0.25) is 5.02 Å². The predicted molar refractivity (Wildman–Crippen MR) is 177 cm³/mol. The fourth-order valence-electron chi connectivity index (χ4n) is 5.67. The van der Waals surface area contributed by atoms with E-state index in [1.54, 1.807) is 42.5 Å². The number of sulfonamides is 1. The minimum atomic E-state index is -4.13. The molecule has 0 heterocycles. The summed E-state index contributed by atoms with van der Waals surface area (Å²) in [6.07, 6.45) is 5.47. The molecular weight excluding hydrogens is 594 g/mol. The molecule has 0 aromatic heterocycles. The van der Waals surface area contributed by atoms with Gasteiger partial charge < -0.3 is 10.2 Å². The largest absolute Gasteiger partial charge is 0.352 e. The molecule has 9 heteroatoms. The van der Waals surface area contributed by atoms with Gasteiger partial charge >= 0.3 is 0 Å². The molecule has 2 amide bonds. The summed E-state index contributed by atoms with van der Waals surface area (Å²) in [6, 6.07) is 20.3. The summed E-state index contributed by atoms with van der Waals surface area (Å²) in [5.74, 6) is -0.458. The van der Waals surface area contributed by atoms with Gasteiger partial charge in [0.05, 0.1) is 10.6 Å². The number of anilines is 1. The van der Waals surface area contributed by atoms with Gasteiger partial charge in [-0.25, -0.2) is 8.42 Å². The van der Waals surface area contributed by atoms with Gasteiger partial charge in [0.25, 0.3) is 10.0 Å². The van der Waals surface area contributed by atoms with Crippen LogP contribution >= 0.6 is 11.6 Å². The van der Waals surface area contributed by atoms with E-state index < -0.39 is 28.5 Å². The molecule has 1 saturated carbocycles. The van der Waals surface area contributed by atoms with Crippen LogP contribution in [0.5, 0.6) is 0 Å². The fraction of sp³-hybridized carbons (Fsp3) is 0.429. The Labute approximate surface area is 267 Å². The predicted octanol–water partition coefficient (Wildman–Crippen LogP) is 7.22. The Hall–Kier alpha value is -3.36. The van der Waals surface area contributed by atoms with Crippen LogP contribution in [0.25, 0.3) is 0 Å². The number of hydrogen-bond acceptors (Lipinski definition) is 4. The van der Waals surface area contributed by atoms with Crippen molar-refractivity contribution in [1.29, 1.82) is 0 Å². The van der Waals surface area contributed by atoms with E-state index in [1.807, 2.05) is 44.2 Å². The Morgan fingerprint density at radius 1 is 0.932 bits per heavy atom. The van der Waals surface area contributed by atoms with Crippen LogP contribution in [0.1, 0.15) is 81.9 Å². The van der Waals surface area contributed by atoms with Gasteiger partial charge in [-0.2, -0.15) is 0 Å². The number of halogens is 1. The molecule has 1 aliphatic carbocycles. The Kier molecular flexibility index (Phi) is 11.5. The number of amides is 2. The Bertz CT molecular complexity index is 1520. The van der Waals surface area contributed by atoms with E-state index in [2.05, 4.69) is 19.2 Å². The number of nitrogens with one attached hydrogen (secondary N) is 1. The number of carbonyl (C=O) groups is 2. The Balaban J connectivity index is 1.72. The van der Waals surface area contributed by atoms with Gasteiger partial charge in [0.15, 0.2) is 0 Å². The molecule has 236 valence electrons. The van der Waals surface area contributed by atoms with Gasteiger partial charge in [0.2, 0.25) is 11.8 Å². The van der Waals surface area contributed by atoms with Crippen molar-refractivity contribution in [2.45, 2.75) is 95.7 Å². The second-order valence-corrected chi connectivity index (χ2v) is 14.2. The zero-order chi connectivity index (χ0) is 31.9. The third kappa shape index (κ3) is 8.21. The molecule has 0 spiro atoms. The Morgan fingerprint density at radius 3 is 2.16 bits per heavy atom. The van der Waals surface area contributed by atoms with E-state index in [0.29, 0.717) is 22.7 Å². The van der Waals surface area contributed by atoms with Crippen LogP contribution in [0.4, 0.5) is 5.69 Å². The van der Waals surface area contributed by atoms with Crippen molar-refractivity contribution in [2.75, 3.05) is 10.8 Å². The van der Waals surface area contributed by atoms with E-state index in [9.17, 15) is 18.0 Å². The summed E-state index contributed by atoms with van der Waals surface area (Å²) < 4.78 is 29.4. The molecule has 0 saturated heterocycles. The molecule has 0 aliphatic heterocycles. The normalized spacial score (nSPS) is 14.7. The highest BCUT2D eigenvalue weighted by molar-refractivity contribution is 7.92. The summed E-state index contributed by atoms with van der Waals surface area (Å²) in [6.45, 7) is 7.47. The van der Waals surface area contributed by atoms with Crippen LogP contribution in [0, 0.1) is 6.92 Å². The topological polar surface area (TPSA) is 86.8 Å². The average Bonchev–Trinajstić information content (AvgIpc) is 3.01. The van der Waals surface area contributed by atoms with Crippen LogP contribution in [-0.4, -0.2) is 43.8 Å². The van der Waals surface area contributed by atoms with E-state index in [4.69, 9.17) is 11.6 Å². The lowest BCUT2D eigenvalue weighted by Crippen LogP contribution is -2.54. The monoisotopic (exact) mass is 637 g/mol. The summed E-state index contributed by atoms with van der Waals surface area (Å²) in [4.78, 5) is 29.6. The lowest BCUT2D eigenvalue weighted by atomic mass is 9.95. The minimum absolute atomic E-state index is 0.0693. The lowest BCUT2D eigenvalue weighted by molar-refractivity contribution is -0.140. The zero-order valence-corrected chi connectivity index (χ0v) is 27.7. The first-order valence-electron chi connectivity index (χ1n) is 15.5. The fourth-order valence-corrected chi connectivity index (χ4v) is 7.28.